The molecule has 1 rings (SSSR count). The zero-order valence-electron chi connectivity index (χ0n) is 10.1. The SMILES string of the molecule is CC=O.CCc1cc(OC)c(O)c(OC)c1. The van der Waals surface area contributed by atoms with Crippen molar-refractivity contribution >= 4 is 6.29 Å². The predicted octanol–water partition coefficient (Wildman–Crippen LogP) is 2.18. The number of aromatic hydroxyl groups is 1. The average molecular weight is 226 g/mol. The molecule has 0 bridgehead atoms. The Labute approximate surface area is 95.8 Å². The van der Waals surface area contributed by atoms with Crippen LogP contribution in [0.3, 0.4) is 0 Å². The predicted molar refractivity (Wildman–Crippen MR) is 62.3 cm³/mol. The van der Waals surface area contributed by atoms with E-state index in [4.69, 9.17) is 14.3 Å². The van der Waals surface area contributed by atoms with Crippen molar-refractivity contribution < 1.29 is 19.4 Å². The number of aryl methyl sites for hydroxylation is 1. The van der Waals surface area contributed by atoms with E-state index in [0.29, 0.717) is 11.5 Å². The summed E-state index contributed by atoms with van der Waals surface area (Å²) in [5.41, 5.74) is 1.08. The standard InChI is InChI=1S/C10H14O3.C2H4O/c1-4-7-5-8(12-2)10(11)9(6-7)13-3;1-2-3/h5-6,11H,4H2,1-3H3;2H,1H3. The highest BCUT2D eigenvalue weighted by molar-refractivity contribution is 5.52. The average Bonchev–Trinajstić information content (AvgIpc) is 2.30. The lowest BCUT2D eigenvalue weighted by Gasteiger charge is -2.09. The lowest BCUT2D eigenvalue weighted by Crippen LogP contribution is -1.91. The number of benzene rings is 1. The Bertz CT molecular complexity index is 309. The van der Waals surface area contributed by atoms with Gasteiger partial charge in [0.05, 0.1) is 14.2 Å². The van der Waals surface area contributed by atoms with Crippen molar-refractivity contribution in [3.8, 4) is 17.2 Å². The molecule has 4 nitrogen and oxygen atoms in total. The minimum atomic E-state index is 0.0576. The van der Waals surface area contributed by atoms with Crippen LogP contribution in [0.15, 0.2) is 12.1 Å². The number of aldehydes is 1. The third-order valence-electron chi connectivity index (χ3n) is 1.95. The third-order valence-corrected chi connectivity index (χ3v) is 1.95. The molecule has 0 saturated carbocycles. The molecule has 0 aliphatic heterocycles. The number of phenolic OH excluding ortho intramolecular Hbond substituents is 1. The molecule has 1 aromatic rings. The molecule has 0 unspecified atom stereocenters. The minimum Gasteiger partial charge on any atom is -0.502 e. The molecule has 0 radical (unpaired) electrons. The van der Waals surface area contributed by atoms with Gasteiger partial charge in [-0.1, -0.05) is 6.92 Å². The molecule has 1 aromatic carbocycles. The summed E-state index contributed by atoms with van der Waals surface area (Å²) in [5.74, 6) is 0.967. The quantitative estimate of drug-likeness (QED) is 0.802. The van der Waals surface area contributed by atoms with E-state index < -0.39 is 0 Å². The molecule has 0 spiro atoms. The first-order valence-corrected chi connectivity index (χ1v) is 4.98. The monoisotopic (exact) mass is 226 g/mol. The van der Waals surface area contributed by atoms with Crippen molar-refractivity contribution in [2.24, 2.45) is 0 Å². The van der Waals surface area contributed by atoms with Crippen molar-refractivity contribution in [3.63, 3.8) is 0 Å². The van der Waals surface area contributed by atoms with Crippen LogP contribution in [0.2, 0.25) is 0 Å². The number of rotatable bonds is 3. The van der Waals surface area contributed by atoms with E-state index in [1.807, 2.05) is 6.92 Å². The maximum atomic E-state index is 9.56. The summed E-state index contributed by atoms with van der Waals surface area (Å²) in [6.07, 6.45) is 1.63. The molecule has 0 atom stereocenters. The molecular formula is C12H18O4. The van der Waals surface area contributed by atoms with Crippen molar-refractivity contribution in [1.82, 2.24) is 0 Å². The fourth-order valence-corrected chi connectivity index (χ4v) is 1.15. The van der Waals surface area contributed by atoms with E-state index in [1.54, 1.807) is 12.1 Å². The van der Waals surface area contributed by atoms with Crippen molar-refractivity contribution in [2.45, 2.75) is 20.3 Å². The summed E-state index contributed by atoms with van der Waals surface area (Å²) in [7, 11) is 3.04. The van der Waals surface area contributed by atoms with E-state index in [1.165, 1.54) is 21.1 Å². The maximum Gasteiger partial charge on any atom is 0.200 e. The van der Waals surface area contributed by atoms with Gasteiger partial charge in [-0.3, -0.25) is 0 Å². The minimum absolute atomic E-state index is 0.0576. The normalized spacial score (nSPS) is 8.75. The molecule has 0 saturated heterocycles. The molecule has 0 aliphatic rings. The van der Waals surface area contributed by atoms with Crippen LogP contribution < -0.4 is 9.47 Å². The number of hydrogen-bond donors (Lipinski definition) is 1. The van der Waals surface area contributed by atoms with Crippen LogP contribution in [-0.2, 0) is 11.2 Å². The van der Waals surface area contributed by atoms with Crippen LogP contribution in [0.4, 0.5) is 0 Å². The van der Waals surface area contributed by atoms with Crippen molar-refractivity contribution in [3.05, 3.63) is 17.7 Å². The van der Waals surface area contributed by atoms with Gasteiger partial charge in [0.25, 0.3) is 0 Å². The Morgan fingerprint density at radius 2 is 1.62 bits per heavy atom. The summed E-state index contributed by atoms with van der Waals surface area (Å²) in [6.45, 7) is 3.48. The largest absolute Gasteiger partial charge is 0.502 e. The number of hydrogen-bond acceptors (Lipinski definition) is 4. The Hall–Kier alpha value is -1.71. The van der Waals surface area contributed by atoms with Crippen molar-refractivity contribution in [1.29, 1.82) is 0 Å². The van der Waals surface area contributed by atoms with Gasteiger partial charge < -0.3 is 19.4 Å². The van der Waals surface area contributed by atoms with Crippen LogP contribution in [0.25, 0.3) is 0 Å². The second kappa shape index (κ2) is 7.56. The van der Waals surface area contributed by atoms with Gasteiger partial charge in [-0.25, -0.2) is 0 Å². The molecule has 1 N–H and O–H groups in total. The summed E-state index contributed by atoms with van der Waals surface area (Å²) in [6, 6.07) is 3.61. The van der Waals surface area contributed by atoms with Gasteiger partial charge in [-0.2, -0.15) is 0 Å². The molecule has 16 heavy (non-hydrogen) atoms. The van der Waals surface area contributed by atoms with Gasteiger partial charge in [0.15, 0.2) is 11.5 Å². The highest BCUT2D eigenvalue weighted by atomic mass is 16.5. The van der Waals surface area contributed by atoms with Gasteiger partial charge in [-0.05, 0) is 31.0 Å². The Kier molecular flexibility index (Phi) is 6.76. The first kappa shape index (κ1) is 14.3. The van der Waals surface area contributed by atoms with E-state index in [9.17, 15) is 5.11 Å². The molecular weight excluding hydrogens is 208 g/mol. The van der Waals surface area contributed by atoms with Crippen LogP contribution in [0, 0.1) is 0 Å². The number of carbonyl (C=O) groups excluding carboxylic acids is 1. The van der Waals surface area contributed by atoms with Gasteiger partial charge in [-0.15, -0.1) is 0 Å². The van der Waals surface area contributed by atoms with Crippen LogP contribution in [0.1, 0.15) is 19.4 Å². The number of carbonyl (C=O) groups is 1. The van der Waals surface area contributed by atoms with Crippen LogP contribution in [-0.4, -0.2) is 25.6 Å². The second-order valence-electron chi connectivity index (χ2n) is 2.94. The lowest BCUT2D eigenvalue weighted by atomic mass is 10.1. The smallest absolute Gasteiger partial charge is 0.200 e. The van der Waals surface area contributed by atoms with Gasteiger partial charge >= 0.3 is 0 Å². The fourth-order valence-electron chi connectivity index (χ4n) is 1.15. The molecule has 0 heterocycles. The third kappa shape index (κ3) is 3.81. The summed E-state index contributed by atoms with van der Waals surface area (Å²) in [4.78, 5) is 8.81. The number of methoxy groups -OCH3 is 2. The second-order valence-corrected chi connectivity index (χ2v) is 2.94. The summed E-state index contributed by atoms with van der Waals surface area (Å²) in [5, 5.41) is 9.56. The molecule has 0 amide bonds. The zero-order valence-corrected chi connectivity index (χ0v) is 10.1. The first-order chi connectivity index (χ1) is 7.64. The Morgan fingerprint density at radius 1 is 1.25 bits per heavy atom. The van der Waals surface area contributed by atoms with Gasteiger partial charge in [0, 0.05) is 0 Å². The molecule has 0 aromatic heterocycles. The van der Waals surface area contributed by atoms with E-state index >= 15 is 0 Å². The highest BCUT2D eigenvalue weighted by Crippen LogP contribution is 2.37. The first-order valence-electron chi connectivity index (χ1n) is 4.98. The number of phenols is 1. The Morgan fingerprint density at radius 3 is 1.88 bits per heavy atom. The van der Waals surface area contributed by atoms with Crippen LogP contribution in [0.5, 0.6) is 17.2 Å². The zero-order chi connectivity index (χ0) is 12.6. The molecule has 0 fully saturated rings. The van der Waals surface area contributed by atoms with E-state index in [0.717, 1.165) is 18.3 Å². The van der Waals surface area contributed by atoms with E-state index in [-0.39, 0.29) is 5.75 Å². The maximum absolute atomic E-state index is 9.56. The van der Waals surface area contributed by atoms with E-state index in [2.05, 4.69) is 0 Å². The molecule has 90 valence electrons. The summed E-state index contributed by atoms with van der Waals surface area (Å²) >= 11 is 0. The fraction of sp³-hybridized carbons (Fsp3) is 0.417. The molecule has 0 aliphatic carbocycles. The van der Waals surface area contributed by atoms with Gasteiger partial charge in [0.2, 0.25) is 5.75 Å². The lowest BCUT2D eigenvalue weighted by molar-refractivity contribution is -0.106. The van der Waals surface area contributed by atoms with Crippen molar-refractivity contribution in [2.75, 3.05) is 14.2 Å². The molecule has 4 heteroatoms. The Balaban J connectivity index is 0.000000673. The highest BCUT2D eigenvalue weighted by Gasteiger charge is 2.09. The van der Waals surface area contributed by atoms with Gasteiger partial charge in [0.1, 0.15) is 6.29 Å². The van der Waals surface area contributed by atoms with Crippen LogP contribution >= 0.6 is 0 Å². The topological polar surface area (TPSA) is 55.8 Å². The number of ether oxygens (including phenoxy) is 2. The summed E-state index contributed by atoms with van der Waals surface area (Å²) < 4.78 is 10.00.